The number of aromatic nitrogens is 4. The minimum atomic E-state index is -0.383. The van der Waals surface area contributed by atoms with Crippen LogP contribution in [0.1, 0.15) is 5.56 Å². The zero-order valence-electron chi connectivity index (χ0n) is 14.9. The molecule has 27 heavy (non-hydrogen) atoms. The fraction of sp³-hybridized carbons (Fsp3) is 0.167. The quantitative estimate of drug-likeness (QED) is 0.395. The molecule has 136 valence electrons. The van der Waals surface area contributed by atoms with Gasteiger partial charge in [0.05, 0.1) is 10.5 Å². The number of hydrogen-bond donors (Lipinski definition) is 0. The van der Waals surface area contributed by atoms with Crippen LogP contribution in [0.3, 0.4) is 0 Å². The van der Waals surface area contributed by atoms with E-state index in [0.717, 1.165) is 16.8 Å². The third-order valence-corrected chi connectivity index (χ3v) is 5.15. The van der Waals surface area contributed by atoms with Gasteiger partial charge in [0.2, 0.25) is 4.96 Å². The number of nitrogens with zero attached hydrogens (tertiary/aromatic N) is 6. The first-order valence-electron chi connectivity index (χ1n) is 8.19. The molecule has 0 fully saturated rings. The van der Waals surface area contributed by atoms with Gasteiger partial charge in [-0.25, -0.2) is 0 Å². The van der Waals surface area contributed by atoms with E-state index in [1.54, 1.807) is 16.6 Å². The lowest BCUT2D eigenvalue weighted by Gasteiger charge is -2.11. The predicted molar refractivity (Wildman–Crippen MR) is 105 cm³/mol. The molecule has 0 radical (unpaired) electrons. The Bertz CT molecular complexity index is 1150. The van der Waals surface area contributed by atoms with Crippen molar-refractivity contribution >= 4 is 27.7 Å². The van der Waals surface area contributed by atoms with Crippen LogP contribution in [-0.2, 0) is 0 Å². The zero-order chi connectivity index (χ0) is 19.1. The van der Waals surface area contributed by atoms with Crippen molar-refractivity contribution in [3.8, 4) is 22.0 Å². The summed E-state index contributed by atoms with van der Waals surface area (Å²) in [6.07, 6.45) is 0. The zero-order valence-corrected chi connectivity index (χ0v) is 15.8. The first-order chi connectivity index (χ1) is 12.9. The number of aryl methyl sites for hydroxylation is 1. The van der Waals surface area contributed by atoms with Crippen molar-refractivity contribution < 1.29 is 4.92 Å². The van der Waals surface area contributed by atoms with Crippen LogP contribution >= 0.6 is 11.3 Å². The smallest absolute Gasteiger partial charge is 0.279 e. The van der Waals surface area contributed by atoms with Crippen LogP contribution in [0.25, 0.3) is 26.9 Å². The molecule has 9 heteroatoms. The predicted octanol–water partition coefficient (Wildman–Crippen LogP) is 3.80. The molecule has 8 nitrogen and oxygen atoms in total. The Labute approximate surface area is 158 Å². The number of fused-ring (bicyclic) bond motifs is 1. The lowest BCUT2D eigenvalue weighted by molar-refractivity contribution is -0.384. The van der Waals surface area contributed by atoms with E-state index in [2.05, 4.69) is 15.3 Å². The van der Waals surface area contributed by atoms with Crippen molar-refractivity contribution in [2.75, 3.05) is 19.0 Å². The Morgan fingerprint density at radius 3 is 2.52 bits per heavy atom. The van der Waals surface area contributed by atoms with E-state index in [-0.39, 0.29) is 10.6 Å². The van der Waals surface area contributed by atoms with Crippen LogP contribution in [-0.4, -0.2) is 38.8 Å². The van der Waals surface area contributed by atoms with E-state index in [1.807, 2.05) is 56.3 Å². The van der Waals surface area contributed by atoms with Gasteiger partial charge in [-0.2, -0.15) is 9.61 Å². The van der Waals surface area contributed by atoms with Crippen molar-refractivity contribution in [2.24, 2.45) is 0 Å². The maximum atomic E-state index is 11.4. The number of anilines is 1. The van der Waals surface area contributed by atoms with E-state index in [1.165, 1.54) is 11.3 Å². The fourth-order valence-electron chi connectivity index (χ4n) is 2.79. The molecule has 0 atom stereocenters. The summed E-state index contributed by atoms with van der Waals surface area (Å²) in [4.78, 5) is 13.6. The molecule has 0 N–H and O–H groups in total. The van der Waals surface area contributed by atoms with Crippen LogP contribution in [0.5, 0.6) is 0 Å². The van der Waals surface area contributed by atoms with Gasteiger partial charge in [-0.1, -0.05) is 17.4 Å². The summed E-state index contributed by atoms with van der Waals surface area (Å²) in [5.41, 5.74) is 3.30. The molecule has 0 aliphatic rings. The van der Waals surface area contributed by atoms with E-state index in [4.69, 9.17) is 0 Å². The summed E-state index contributed by atoms with van der Waals surface area (Å²) in [6, 6.07) is 13.0. The van der Waals surface area contributed by atoms with Crippen LogP contribution in [0, 0.1) is 17.0 Å². The molecule has 0 saturated carbocycles. The number of rotatable bonds is 4. The van der Waals surface area contributed by atoms with Gasteiger partial charge in [-0.05, 0) is 42.8 Å². The topological polar surface area (TPSA) is 89.5 Å². The first kappa shape index (κ1) is 17.1. The third kappa shape index (κ3) is 3.02. The standard InChI is InChI=1S/C18H16N6O2S/c1-11-4-9-14(15(10-11)24(25)26)17-21-23-16(19-20-18(23)27-17)12-5-7-13(8-6-12)22(2)3/h4-10H,1-3H3. The highest BCUT2D eigenvalue weighted by Gasteiger charge is 2.21. The fourth-order valence-corrected chi connectivity index (χ4v) is 3.66. The molecule has 4 rings (SSSR count). The summed E-state index contributed by atoms with van der Waals surface area (Å²) in [6.45, 7) is 1.82. The van der Waals surface area contributed by atoms with Crippen LogP contribution < -0.4 is 4.90 Å². The molecule has 0 aliphatic heterocycles. The minimum Gasteiger partial charge on any atom is -0.378 e. The Balaban J connectivity index is 1.80. The summed E-state index contributed by atoms with van der Waals surface area (Å²) in [5, 5.41) is 24.9. The molecule has 0 saturated heterocycles. The molecular formula is C18H16N6O2S. The van der Waals surface area contributed by atoms with E-state index < -0.39 is 0 Å². The normalized spacial score (nSPS) is 11.1. The van der Waals surface area contributed by atoms with Crippen LogP contribution in [0.15, 0.2) is 42.5 Å². The Kier molecular flexibility index (Phi) is 4.08. The first-order valence-corrected chi connectivity index (χ1v) is 9.01. The van der Waals surface area contributed by atoms with Gasteiger partial charge >= 0.3 is 0 Å². The van der Waals surface area contributed by atoms with E-state index in [9.17, 15) is 10.1 Å². The molecule has 0 unspecified atom stereocenters. The van der Waals surface area contributed by atoms with E-state index in [0.29, 0.717) is 21.4 Å². The van der Waals surface area contributed by atoms with Gasteiger partial charge in [0.25, 0.3) is 5.69 Å². The van der Waals surface area contributed by atoms with Crippen molar-refractivity contribution in [3.63, 3.8) is 0 Å². The van der Waals surface area contributed by atoms with Gasteiger partial charge < -0.3 is 4.90 Å². The van der Waals surface area contributed by atoms with Crippen LogP contribution in [0.2, 0.25) is 0 Å². The minimum absolute atomic E-state index is 0.0387. The molecule has 0 spiro atoms. The lowest BCUT2D eigenvalue weighted by Crippen LogP contribution is -2.08. The highest BCUT2D eigenvalue weighted by molar-refractivity contribution is 7.19. The average molecular weight is 380 g/mol. The SMILES string of the molecule is Cc1ccc(-c2nn3c(-c4ccc(N(C)C)cc4)nnc3s2)c([N+](=O)[O-])c1. The second-order valence-corrected chi connectivity index (χ2v) is 7.30. The molecule has 2 aromatic heterocycles. The molecule has 4 aromatic rings. The number of nitro groups is 1. The van der Waals surface area contributed by atoms with E-state index >= 15 is 0 Å². The second-order valence-electron chi connectivity index (χ2n) is 6.34. The van der Waals surface area contributed by atoms with Gasteiger partial charge in [-0.15, -0.1) is 10.2 Å². The molecule has 0 aliphatic carbocycles. The summed E-state index contributed by atoms with van der Waals surface area (Å²) in [5.74, 6) is 0.604. The summed E-state index contributed by atoms with van der Waals surface area (Å²) < 4.78 is 1.63. The monoisotopic (exact) mass is 380 g/mol. The Morgan fingerprint density at radius 2 is 1.85 bits per heavy atom. The average Bonchev–Trinajstić information content (AvgIpc) is 3.22. The third-order valence-electron chi connectivity index (χ3n) is 4.21. The Morgan fingerprint density at radius 1 is 1.11 bits per heavy atom. The maximum absolute atomic E-state index is 11.4. The maximum Gasteiger partial charge on any atom is 0.279 e. The second kappa shape index (κ2) is 6.44. The number of nitro benzene ring substituents is 1. The molecule has 2 heterocycles. The van der Waals surface area contributed by atoms with Gasteiger partial charge in [-0.3, -0.25) is 10.1 Å². The van der Waals surface area contributed by atoms with Gasteiger partial charge in [0.15, 0.2) is 10.8 Å². The molecule has 0 amide bonds. The van der Waals surface area contributed by atoms with Crippen molar-refractivity contribution in [2.45, 2.75) is 6.92 Å². The molecule has 0 bridgehead atoms. The van der Waals surface area contributed by atoms with Gasteiger partial charge in [0.1, 0.15) is 0 Å². The Hall–Kier alpha value is -3.33. The van der Waals surface area contributed by atoms with Crippen LogP contribution in [0.4, 0.5) is 11.4 Å². The van der Waals surface area contributed by atoms with Crippen molar-refractivity contribution in [3.05, 3.63) is 58.1 Å². The summed E-state index contributed by atoms with van der Waals surface area (Å²) >= 11 is 1.28. The highest BCUT2D eigenvalue weighted by atomic mass is 32.1. The van der Waals surface area contributed by atoms with Crippen molar-refractivity contribution in [1.29, 1.82) is 0 Å². The number of benzene rings is 2. The molecular weight excluding hydrogens is 364 g/mol. The van der Waals surface area contributed by atoms with Crippen molar-refractivity contribution in [1.82, 2.24) is 19.8 Å². The summed E-state index contributed by atoms with van der Waals surface area (Å²) in [7, 11) is 3.96. The molecule has 2 aromatic carbocycles. The number of hydrogen-bond acceptors (Lipinski definition) is 7. The lowest BCUT2D eigenvalue weighted by atomic mass is 10.1. The highest BCUT2D eigenvalue weighted by Crippen LogP contribution is 2.34. The van der Waals surface area contributed by atoms with Gasteiger partial charge in [0, 0.05) is 31.4 Å². The largest absolute Gasteiger partial charge is 0.378 e.